The van der Waals surface area contributed by atoms with E-state index in [0.717, 1.165) is 24.2 Å². The Kier molecular flexibility index (Phi) is 4.58. The van der Waals surface area contributed by atoms with Crippen LogP contribution in [0.25, 0.3) is 0 Å². The molecule has 2 N–H and O–H groups in total. The minimum atomic E-state index is -0.169. The monoisotopic (exact) mass is 200 g/mol. The van der Waals surface area contributed by atoms with Gasteiger partial charge in [0.15, 0.2) is 0 Å². The number of rotatable bonds is 5. The summed E-state index contributed by atoms with van der Waals surface area (Å²) in [5.41, 5.74) is 4.24. The highest BCUT2D eigenvalue weighted by Crippen LogP contribution is 2.08. The molecule has 1 aliphatic heterocycles. The second kappa shape index (κ2) is 5.74. The summed E-state index contributed by atoms with van der Waals surface area (Å²) in [6, 6.07) is 0. The van der Waals surface area contributed by atoms with E-state index in [4.69, 9.17) is 9.57 Å². The van der Waals surface area contributed by atoms with Crippen molar-refractivity contribution in [1.82, 2.24) is 10.8 Å². The maximum Gasteiger partial charge on any atom is 0.270 e. The van der Waals surface area contributed by atoms with Gasteiger partial charge >= 0.3 is 0 Å². The third-order valence-corrected chi connectivity index (χ3v) is 2.10. The van der Waals surface area contributed by atoms with E-state index in [1.807, 2.05) is 0 Å². The summed E-state index contributed by atoms with van der Waals surface area (Å²) >= 11 is 0. The molecule has 0 radical (unpaired) electrons. The highest BCUT2D eigenvalue weighted by Gasteiger charge is 2.15. The molecule has 0 saturated carbocycles. The summed E-state index contributed by atoms with van der Waals surface area (Å²) in [6.45, 7) is 4.24. The second-order valence-corrected chi connectivity index (χ2v) is 3.10. The fraction of sp³-hybridized carbons (Fsp3) is 0.667. The fourth-order valence-electron chi connectivity index (χ4n) is 0.994. The van der Waals surface area contributed by atoms with E-state index in [1.54, 1.807) is 14.0 Å². The van der Waals surface area contributed by atoms with Crippen molar-refractivity contribution in [1.29, 1.82) is 0 Å². The largest absolute Gasteiger partial charge is 0.382 e. The highest BCUT2D eigenvalue weighted by atomic mass is 16.7. The molecule has 14 heavy (non-hydrogen) atoms. The van der Waals surface area contributed by atoms with Crippen LogP contribution in [0.2, 0.25) is 0 Å². The van der Waals surface area contributed by atoms with Crippen LogP contribution in [0.15, 0.2) is 11.1 Å². The molecule has 1 heterocycles. The van der Waals surface area contributed by atoms with Crippen molar-refractivity contribution in [2.75, 3.05) is 33.4 Å². The molecule has 0 aromatic heterocycles. The zero-order valence-electron chi connectivity index (χ0n) is 8.55. The summed E-state index contributed by atoms with van der Waals surface area (Å²) in [5, 5.41) is 3.07. The minimum Gasteiger partial charge on any atom is -0.382 e. The Labute approximate surface area is 83.4 Å². The van der Waals surface area contributed by atoms with Crippen LogP contribution < -0.4 is 10.8 Å². The molecule has 0 aromatic carbocycles. The van der Waals surface area contributed by atoms with E-state index in [1.165, 1.54) is 0 Å². The molecule has 1 amide bonds. The van der Waals surface area contributed by atoms with Crippen molar-refractivity contribution in [2.24, 2.45) is 0 Å². The van der Waals surface area contributed by atoms with Gasteiger partial charge in [0.25, 0.3) is 5.91 Å². The smallest absolute Gasteiger partial charge is 0.270 e. The van der Waals surface area contributed by atoms with Gasteiger partial charge < -0.3 is 10.1 Å². The van der Waals surface area contributed by atoms with Crippen molar-refractivity contribution in [3.05, 3.63) is 11.1 Å². The van der Waals surface area contributed by atoms with E-state index < -0.39 is 0 Å². The molecule has 1 fully saturated rings. The van der Waals surface area contributed by atoms with Gasteiger partial charge in [0, 0.05) is 25.8 Å². The molecule has 0 aromatic rings. The molecule has 1 rings (SSSR count). The Balaban J connectivity index is 2.21. The summed E-state index contributed by atoms with van der Waals surface area (Å²) < 4.78 is 4.77. The molecule has 80 valence electrons. The number of ether oxygens (including phenoxy) is 1. The lowest BCUT2D eigenvalue weighted by Crippen LogP contribution is -2.37. The molecule has 1 aliphatic rings. The predicted octanol–water partition coefficient (Wildman–Crippen LogP) is -0.400. The van der Waals surface area contributed by atoms with Gasteiger partial charge in [0.1, 0.15) is 0 Å². The number of carbonyl (C=O) groups is 1. The van der Waals surface area contributed by atoms with Crippen molar-refractivity contribution < 1.29 is 14.4 Å². The molecule has 0 unspecified atom stereocenters. The van der Waals surface area contributed by atoms with Gasteiger partial charge in [-0.25, -0.2) is 5.48 Å². The average molecular weight is 200 g/mol. The third-order valence-electron chi connectivity index (χ3n) is 2.10. The average Bonchev–Trinajstić information content (AvgIpc) is 2.09. The van der Waals surface area contributed by atoms with Crippen molar-refractivity contribution in [3.63, 3.8) is 0 Å². The minimum absolute atomic E-state index is 0.169. The second-order valence-electron chi connectivity index (χ2n) is 3.10. The lowest BCUT2D eigenvalue weighted by molar-refractivity contribution is -0.130. The van der Waals surface area contributed by atoms with Crippen molar-refractivity contribution in [3.8, 4) is 0 Å². The Morgan fingerprint density at radius 3 is 2.71 bits per heavy atom. The first kappa shape index (κ1) is 11.2. The van der Waals surface area contributed by atoms with Gasteiger partial charge in [-0.1, -0.05) is 0 Å². The van der Waals surface area contributed by atoms with Crippen LogP contribution in [0, 0.1) is 0 Å². The zero-order valence-corrected chi connectivity index (χ0v) is 8.55. The third kappa shape index (κ3) is 3.10. The van der Waals surface area contributed by atoms with Crippen LogP contribution in [0.5, 0.6) is 0 Å². The van der Waals surface area contributed by atoms with Crippen LogP contribution in [-0.2, 0) is 14.4 Å². The van der Waals surface area contributed by atoms with Crippen molar-refractivity contribution in [2.45, 2.75) is 6.92 Å². The number of hydroxylamine groups is 1. The van der Waals surface area contributed by atoms with Gasteiger partial charge in [-0.15, -0.1) is 0 Å². The topological polar surface area (TPSA) is 59.6 Å². The van der Waals surface area contributed by atoms with Crippen LogP contribution in [-0.4, -0.2) is 39.3 Å². The van der Waals surface area contributed by atoms with E-state index in [0.29, 0.717) is 13.2 Å². The molecule has 1 saturated heterocycles. The Morgan fingerprint density at radius 2 is 2.21 bits per heavy atom. The van der Waals surface area contributed by atoms with Gasteiger partial charge in [-0.05, 0) is 12.5 Å². The number of hydrogen-bond donors (Lipinski definition) is 2. The lowest BCUT2D eigenvalue weighted by Gasteiger charge is -2.21. The van der Waals surface area contributed by atoms with E-state index in [9.17, 15) is 4.79 Å². The maximum atomic E-state index is 11.4. The van der Waals surface area contributed by atoms with Gasteiger partial charge in [-0.3, -0.25) is 9.63 Å². The summed E-state index contributed by atoms with van der Waals surface area (Å²) in [6.07, 6.45) is 0. The number of amides is 1. The quantitative estimate of drug-likeness (QED) is 0.360. The van der Waals surface area contributed by atoms with E-state index >= 15 is 0 Å². The number of methoxy groups -OCH3 is 1. The summed E-state index contributed by atoms with van der Waals surface area (Å²) in [4.78, 5) is 16.3. The Morgan fingerprint density at radius 1 is 1.50 bits per heavy atom. The Bertz CT molecular complexity index is 232. The summed E-state index contributed by atoms with van der Waals surface area (Å²) in [7, 11) is 1.58. The van der Waals surface area contributed by atoms with E-state index in [-0.39, 0.29) is 5.91 Å². The fourth-order valence-corrected chi connectivity index (χ4v) is 0.994. The molecule has 5 nitrogen and oxygen atoms in total. The molecule has 5 heteroatoms. The van der Waals surface area contributed by atoms with Crippen LogP contribution in [0.3, 0.4) is 0 Å². The van der Waals surface area contributed by atoms with Gasteiger partial charge in [-0.2, -0.15) is 0 Å². The number of nitrogens with one attached hydrogen (secondary N) is 2. The highest BCUT2D eigenvalue weighted by molar-refractivity contribution is 5.93. The van der Waals surface area contributed by atoms with Crippen LogP contribution in [0.1, 0.15) is 6.92 Å². The number of carbonyl (C=O) groups excluding carboxylic acids is 1. The first-order chi connectivity index (χ1) is 6.75. The van der Waals surface area contributed by atoms with E-state index in [2.05, 4.69) is 10.8 Å². The van der Waals surface area contributed by atoms with Gasteiger partial charge in [0.2, 0.25) is 0 Å². The number of hydrogen-bond acceptors (Lipinski definition) is 4. The maximum absolute atomic E-state index is 11.4. The predicted molar refractivity (Wildman–Crippen MR) is 51.5 cm³/mol. The Hall–Kier alpha value is -0.910. The molecular formula is C9H16N2O3. The standard InChI is InChI=1S/C9H16N2O3/c1-7(8-5-10-6-8)9(12)11-14-4-3-13-2/h10H,3-6H2,1-2H3,(H,11,12). The first-order valence-electron chi connectivity index (χ1n) is 4.56. The van der Waals surface area contributed by atoms with Crippen molar-refractivity contribution >= 4 is 5.91 Å². The normalized spacial score (nSPS) is 14.9. The molecule has 0 atom stereocenters. The summed E-state index contributed by atoms with van der Waals surface area (Å²) in [5.74, 6) is -0.169. The lowest BCUT2D eigenvalue weighted by atomic mass is 10.0. The molecule has 0 spiro atoms. The molecular weight excluding hydrogens is 184 g/mol. The SMILES string of the molecule is COCCONC(=O)C(C)=C1CNC1. The molecule has 0 bridgehead atoms. The van der Waals surface area contributed by atoms with Crippen LogP contribution >= 0.6 is 0 Å². The molecule has 0 aliphatic carbocycles. The van der Waals surface area contributed by atoms with Crippen LogP contribution in [0.4, 0.5) is 0 Å². The van der Waals surface area contributed by atoms with Gasteiger partial charge in [0.05, 0.1) is 13.2 Å². The first-order valence-corrected chi connectivity index (χ1v) is 4.56. The zero-order chi connectivity index (χ0) is 10.4.